The Hall–Kier alpha value is -1.84. The summed E-state index contributed by atoms with van der Waals surface area (Å²) in [6.45, 7) is 4.36. The van der Waals surface area contributed by atoms with Crippen LogP contribution in [0.1, 0.15) is 18.1 Å². The molecule has 0 aliphatic heterocycles. The molecule has 0 aromatic heterocycles. The zero-order chi connectivity index (χ0) is 13.5. The summed E-state index contributed by atoms with van der Waals surface area (Å²) in [4.78, 5) is 24.7. The fourth-order valence-corrected chi connectivity index (χ4v) is 1.59. The summed E-state index contributed by atoms with van der Waals surface area (Å²) >= 11 is 0. The standard InChI is InChI=1S/C14H19NO3/c1-4-15(10-14(17)18-3)13(16)9-12-7-5-11(2)6-8-12/h5-8H,4,9-10H2,1-3H3. The van der Waals surface area contributed by atoms with Gasteiger partial charge in [0.05, 0.1) is 13.5 Å². The molecule has 0 aliphatic carbocycles. The second-order valence-electron chi connectivity index (χ2n) is 4.15. The van der Waals surface area contributed by atoms with Crippen LogP contribution >= 0.6 is 0 Å². The Bertz CT molecular complexity index is 412. The number of carbonyl (C=O) groups excluding carboxylic acids is 2. The van der Waals surface area contributed by atoms with Crippen molar-refractivity contribution in [1.82, 2.24) is 4.90 Å². The maximum absolute atomic E-state index is 12.0. The average Bonchev–Trinajstić information content (AvgIpc) is 2.38. The first-order valence-corrected chi connectivity index (χ1v) is 5.97. The number of likely N-dealkylation sites (N-methyl/N-ethyl adjacent to an activating group) is 1. The molecule has 0 N–H and O–H groups in total. The van der Waals surface area contributed by atoms with Crippen LogP contribution in [0.4, 0.5) is 0 Å². The van der Waals surface area contributed by atoms with E-state index in [0.29, 0.717) is 13.0 Å². The molecule has 0 radical (unpaired) electrons. The number of aryl methyl sites for hydroxylation is 1. The van der Waals surface area contributed by atoms with Crippen molar-refractivity contribution in [2.45, 2.75) is 20.3 Å². The van der Waals surface area contributed by atoms with Crippen LogP contribution in [0.3, 0.4) is 0 Å². The predicted octanol–water partition coefficient (Wildman–Crippen LogP) is 1.56. The monoisotopic (exact) mass is 249 g/mol. The lowest BCUT2D eigenvalue weighted by Gasteiger charge is -2.19. The molecule has 0 saturated heterocycles. The van der Waals surface area contributed by atoms with Crippen molar-refractivity contribution in [3.63, 3.8) is 0 Å². The van der Waals surface area contributed by atoms with E-state index in [1.165, 1.54) is 12.0 Å². The Balaban J connectivity index is 2.62. The Morgan fingerprint density at radius 1 is 1.22 bits per heavy atom. The summed E-state index contributed by atoms with van der Waals surface area (Å²) in [5.41, 5.74) is 2.11. The lowest BCUT2D eigenvalue weighted by molar-refractivity contribution is -0.146. The number of carbonyl (C=O) groups is 2. The van der Waals surface area contributed by atoms with Crippen LogP contribution in [0.15, 0.2) is 24.3 Å². The highest BCUT2D eigenvalue weighted by Crippen LogP contribution is 2.06. The van der Waals surface area contributed by atoms with E-state index in [1.807, 2.05) is 38.1 Å². The van der Waals surface area contributed by atoms with Gasteiger partial charge in [-0.2, -0.15) is 0 Å². The van der Waals surface area contributed by atoms with Crippen molar-refractivity contribution in [3.8, 4) is 0 Å². The Morgan fingerprint density at radius 3 is 2.33 bits per heavy atom. The number of methoxy groups -OCH3 is 1. The number of amides is 1. The molecule has 0 saturated carbocycles. The van der Waals surface area contributed by atoms with Crippen LogP contribution < -0.4 is 0 Å². The van der Waals surface area contributed by atoms with Crippen LogP contribution in [0, 0.1) is 6.92 Å². The summed E-state index contributed by atoms with van der Waals surface area (Å²) in [5, 5.41) is 0. The molecule has 4 heteroatoms. The number of ether oxygens (including phenoxy) is 1. The number of rotatable bonds is 5. The molecule has 4 nitrogen and oxygen atoms in total. The third kappa shape index (κ3) is 4.20. The number of hydrogen-bond acceptors (Lipinski definition) is 3. The van der Waals surface area contributed by atoms with Crippen molar-refractivity contribution in [2.24, 2.45) is 0 Å². The molecular weight excluding hydrogens is 230 g/mol. The first kappa shape index (κ1) is 14.2. The van der Waals surface area contributed by atoms with Crippen LogP contribution in [0.2, 0.25) is 0 Å². The Morgan fingerprint density at radius 2 is 1.83 bits per heavy atom. The van der Waals surface area contributed by atoms with Crippen molar-refractivity contribution < 1.29 is 14.3 Å². The fraction of sp³-hybridized carbons (Fsp3) is 0.429. The normalized spacial score (nSPS) is 9.94. The quantitative estimate of drug-likeness (QED) is 0.744. The van der Waals surface area contributed by atoms with Crippen molar-refractivity contribution >= 4 is 11.9 Å². The molecule has 0 unspecified atom stereocenters. The second kappa shape index (κ2) is 6.79. The molecule has 0 heterocycles. The van der Waals surface area contributed by atoms with E-state index in [-0.39, 0.29) is 12.5 Å². The van der Waals surface area contributed by atoms with Gasteiger partial charge in [-0.3, -0.25) is 9.59 Å². The number of hydrogen-bond donors (Lipinski definition) is 0. The van der Waals surface area contributed by atoms with E-state index in [2.05, 4.69) is 4.74 Å². The van der Waals surface area contributed by atoms with Crippen LogP contribution in [0.5, 0.6) is 0 Å². The summed E-state index contributed by atoms with van der Waals surface area (Å²) in [6, 6.07) is 7.80. The first-order chi connectivity index (χ1) is 8.56. The van der Waals surface area contributed by atoms with Gasteiger partial charge >= 0.3 is 5.97 Å². The molecule has 0 atom stereocenters. The molecule has 1 aromatic rings. The summed E-state index contributed by atoms with van der Waals surface area (Å²) in [5.74, 6) is -0.458. The molecule has 0 fully saturated rings. The van der Waals surface area contributed by atoms with Gasteiger partial charge in [-0.15, -0.1) is 0 Å². The number of esters is 1. The molecular formula is C14H19NO3. The zero-order valence-corrected chi connectivity index (χ0v) is 11.1. The van der Waals surface area contributed by atoms with Crippen LogP contribution in [0.25, 0.3) is 0 Å². The third-order valence-corrected chi connectivity index (χ3v) is 2.76. The van der Waals surface area contributed by atoms with E-state index in [9.17, 15) is 9.59 Å². The van der Waals surface area contributed by atoms with Gasteiger partial charge < -0.3 is 9.64 Å². The molecule has 98 valence electrons. The van der Waals surface area contributed by atoms with Crippen molar-refractivity contribution in [1.29, 1.82) is 0 Å². The minimum absolute atomic E-state index is 0.0116. The van der Waals surface area contributed by atoms with Gasteiger partial charge in [0.2, 0.25) is 5.91 Å². The van der Waals surface area contributed by atoms with Gasteiger partial charge in [-0.05, 0) is 19.4 Å². The zero-order valence-electron chi connectivity index (χ0n) is 11.1. The van der Waals surface area contributed by atoms with E-state index in [0.717, 1.165) is 11.1 Å². The maximum atomic E-state index is 12.0. The maximum Gasteiger partial charge on any atom is 0.325 e. The van der Waals surface area contributed by atoms with E-state index < -0.39 is 5.97 Å². The average molecular weight is 249 g/mol. The van der Waals surface area contributed by atoms with Crippen LogP contribution in [-0.4, -0.2) is 37.0 Å². The predicted molar refractivity (Wildman–Crippen MR) is 69.2 cm³/mol. The fourth-order valence-electron chi connectivity index (χ4n) is 1.59. The first-order valence-electron chi connectivity index (χ1n) is 5.97. The highest BCUT2D eigenvalue weighted by molar-refractivity contribution is 5.83. The summed E-state index contributed by atoms with van der Waals surface area (Å²) < 4.78 is 4.57. The van der Waals surface area contributed by atoms with Gasteiger partial charge in [0.15, 0.2) is 0 Å². The van der Waals surface area contributed by atoms with Gasteiger partial charge in [0.25, 0.3) is 0 Å². The lowest BCUT2D eigenvalue weighted by Crippen LogP contribution is -2.36. The molecule has 0 spiro atoms. The molecule has 18 heavy (non-hydrogen) atoms. The Labute approximate surface area is 108 Å². The van der Waals surface area contributed by atoms with E-state index >= 15 is 0 Å². The van der Waals surface area contributed by atoms with Crippen molar-refractivity contribution in [2.75, 3.05) is 20.2 Å². The smallest absolute Gasteiger partial charge is 0.325 e. The number of benzene rings is 1. The van der Waals surface area contributed by atoms with E-state index in [1.54, 1.807) is 0 Å². The summed E-state index contributed by atoms with van der Waals surface area (Å²) in [6.07, 6.45) is 0.311. The summed E-state index contributed by atoms with van der Waals surface area (Å²) in [7, 11) is 1.32. The molecule has 1 rings (SSSR count). The lowest BCUT2D eigenvalue weighted by atomic mass is 10.1. The highest BCUT2D eigenvalue weighted by atomic mass is 16.5. The second-order valence-corrected chi connectivity index (χ2v) is 4.15. The van der Waals surface area contributed by atoms with Gasteiger partial charge in [0, 0.05) is 6.54 Å². The topological polar surface area (TPSA) is 46.6 Å². The van der Waals surface area contributed by atoms with Gasteiger partial charge in [-0.1, -0.05) is 29.8 Å². The minimum Gasteiger partial charge on any atom is -0.468 e. The molecule has 1 amide bonds. The minimum atomic E-state index is -0.394. The van der Waals surface area contributed by atoms with E-state index in [4.69, 9.17) is 0 Å². The largest absolute Gasteiger partial charge is 0.468 e. The van der Waals surface area contributed by atoms with Gasteiger partial charge in [-0.25, -0.2) is 0 Å². The highest BCUT2D eigenvalue weighted by Gasteiger charge is 2.15. The Kier molecular flexibility index (Phi) is 5.36. The van der Waals surface area contributed by atoms with Crippen LogP contribution in [-0.2, 0) is 20.7 Å². The third-order valence-electron chi connectivity index (χ3n) is 2.76. The van der Waals surface area contributed by atoms with Gasteiger partial charge in [0.1, 0.15) is 6.54 Å². The van der Waals surface area contributed by atoms with Crippen molar-refractivity contribution in [3.05, 3.63) is 35.4 Å². The SMILES string of the molecule is CCN(CC(=O)OC)C(=O)Cc1ccc(C)cc1. The molecule has 0 bridgehead atoms. The number of nitrogens with zero attached hydrogens (tertiary/aromatic N) is 1. The molecule has 0 aliphatic rings. The molecule has 1 aromatic carbocycles.